The van der Waals surface area contributed by atoms with E-state index < -0.39 is 32.5 Å². The van der Waals surface area contributed by atoms with Crippen molar-refractivity contribution >= 4 is 43.4 Å². The lowest BCUT2D eigenvalue weighted by Gasteiger charge is -2.39. The molecule has 208 valence electrons. The molecular formula is C25H43N3O5PS2Si+. The third kappa shape index (κ3) is 7.51. The highest BCUT2D eigenvalue weighted by atomic mass is 32.9. The van der Waals surface area contributed by atoms with Crippen LogP contribution >= 0.6 is 17.5 Å². The van der Waals surface area contributed by atoms with Gasteiger partial charge in [-0.05, 0) is 63.2 Å². The average Bonchev–Trinajstić information content (AvgIpc) is 3.15. The number of ether oxygens (including phenoxy) is 1. The van der Waals surface area contributed by atoms with E-state index in [1.165, 1.54) is 4.57 Å². The summed E-state index contributed by atoms with van der Waals surface area (Å²) in [4.78, 5) is 16.3. The summed E-state index contributed by atoms with van der Waals surface area (Å²) in [7, 11) is -2.12. The molecule has 1 aromatic heterocycles. The molecule has 2 unspecified atom stereocenters. The minimum atomic E-state index is -2.12. The fourth-order valence-corrected chi connectivity index (χ4v) is 10.7. The molecule has 0 amide bonds. The first-order valence-electron chi connectivity index (χ1n) is 12.8. The van der Waals surface area contributed by atoms with Crippen molar-refractivity contribution in [2.45, 2.75) is 108 Å². The standard InChI is InChI=1S/C25H42N3O5PS2Si/c1-16(2)17-9-11-25(6,20(29)13-17)36-34(35)31-15-19-18(33-37(7,8)24(3,4)5)14-22(32-19)28-12-10-21(26)27-23(28)30/h10,12,17-20,22,29H,1,9,11,13-15H2,2-8H3,(H-,26,27,30)/p+1/t17-,18?,19+,20+,22+,25+/m0/s1. The summed E-state index contributed by atoms with van der Waals surface area (Å²) in [6, 6.07) is 1.59. The molecule has 1 aliphatic heterocycles. The highest BCUT2D eigenvalue weighted by Crippen LogP contribution is 2.55. The van der Waals surface area contributed by atoms with Crippen LogP contribution in [0.15, 0.2) is 29.2 Å². The second kappa shape index (κ2) is 11.8. The van der Waals surface area contributed by atoms with Crippen LogP contribution in [0.4, 0.5) is 5.82 Å². The van der Waals surface area contributed by atoms with Gasteiger partial charge in [0.15, 0.2) is 8.32 Å². The van der Waals surface area contributed by atoms with Crippen molar-refractivity contribution in [1.29, 1.82) is 0 Å². The predicted octanol–water partition coefficient (Wildman–Crippen LogP) is 5.52. The Bertz CT molecular complexity index is 1070. The van der Waals surface area contributed by atoms with Gasteiger partial charge in [-0.2, -0.15) is 9.51 Å². The number of hydrogen-bond acceptors (Lipinski definition) is 9. The molecule has 37 heavy (non-hydrogen) atoms. The Morgan fingerprint density at radius 3 is 2.70 bits per heavy atom. The molecule has 2 fully saturated rings. The Kier molecular flexibility index (Phi) is 9.88. The number of hydrogen-bond donors (Lipinski definition) is 2. The van der Waals surface area contributed by atoms with Gasteiger partial charge in [0.1, 0.15) is 36.1 Å². The third-order valence-electron chi connectivity index (χ3n) is 8.12. The van der Waals surface area contributed by atoms with Gasteiger partial charge in [0, 0.05) is 12.6 Å². The van der Waals surface area contributed by atoms with Gasteiger partial charge in [0.05, 0.1) is 17.0 Å². The van der Waals surface area contributed by atoms with Crippen molar-refractivity contribution in [2.24, 2.45) is 5.92 Å². The quantitative estimate of drug-likeness (QED) is 0.219. The van der Waals surface area contributed by atoms with Gasteiger partial charge < -0.3 is 20.0 Å². The molecule has 2 aliphatic rings. The first-order chi connectivity index (χ1) is 17.0. The van der Waals surface area contributed by atoms with Crippen molar-refractivity contribution in [3.05, 3.63) is 34.9 Å². The van der Waals surface area contributed by atoms with Gasteiger partial charge in [0.2, 0.25) is 11.8 Å². The summed E-state index contributed by atoms with van der Waals surface area (Å²) in [6.07, 6.45) is 1.79. The van der Waals surface area contributed by atoms with Gasteiger partial charge in [-0.25, -0.2) is 4.79 Å². The number of aliphatic hydroxyl groups is 1. The van der Waals surface area contributed by atoms with Crippen LogP contribution in [-0.4, -0.2) is 52.6 Å². The van der Waals surface area contributed by atoms with Gasteiger partial charge in [-0.1, -0.05) is 32.9 Å². The molecule has 1 aliphatic carbocycles. The number of nitrogens with two attached hydrogens (primary N) is 1. The van der Waals surface area contributed by atoms with Crippen LogP contribution in [-0.2, 0) is 25.5 Å². The van der Waals surface area contributed by atoms with Gasteiger partial charge >= 0.3 is 11.8 Å². The fraction of sp³-hybridized carbons (Fsp3) is 0.760. The lowest BCUT2D eigenvalue weighted by atomic mass is 9.77. The Balaban J connectivity index is 1.70. The molecule has 1 aromatic rings. The lowest BCUT2D eigenvalue weighted by Crippen LogP contribution is -2.46. The van der Waals surface area contributed by atoms with Crippen LogP contribution < -0.4 is 11.4 Å². The van der Waals surface area contributed by atoms with E-state index in [2.05, 4.69) is 52.4 Å². The molecule has 3 N–H and O–H groups in total. The van der Waals surface area contributed by atoms with E-state index in [4.69, 9.17) is 31.2 Å². The summed E-state index contributed by atoms with van der Waals surface area (Å²) >= 11 is 7.29. The maximum absolute atomic E-state index is 12.5. The molecule has 0 spiro atoms. The summed E-state index contributed by atoms with van der Waals surface area (Å²) < 4.78 is 20.3. The first kappa shape index (κ1) is 30.9. The molecule has 1 saturated carbocycles. The minimum Gasteiger partial charge on any atom is -0.411 e. The zero-order chi connectivity index (χ0) is 27.8. The van der Waals surface area contributed by atoms with Gasteiger partial charge in [-0.3, -0.25) is 4.57 Å². The Hall–Kier alpha value is -0.653. The van der Waals surface area contributed by atoms with E-state index in [-0.39, 0.29) is 34.4 Å². The largest absolute Gasteiger partial charge is 0.415 e. The SMILES string of the molecule is C=C(C)[C@H]1CC[C@@](C)(S[P+](=S)OC[C@H]2O[C@@H](n3ccc(N)nc3=O)CC2O[Si](C)(C)C(C)(C)C)[C@H](O)C1. The van der Waals surface area contributed by atoms with Gasteiger partial charge in [0.25, 0.3) is 0 Å². The zero-order valence-corrected chi connectivity index (χ0v) is 26.6. The van der Waals surface area contributed by atoms with Crippen molar-refractivity contribution in [3.63, 3.8) is 0 Å². The predicted molar refractivity (Wildman–Crippen MR) is 158 cm³/mol. The zero-order valence-electron chi connectivity index (χ0n) is 23.1. The molecule has 12 heteroatoms. The topological polar surface area (TPSA) is 109 Å². The van der Waals surface area contributed by atoms with Crippen LogP contribution in [0.25, 0.3) is 0 Å². The molecule has 7 atom stereocenters. The van der Waals surface area contributed by atoms with Crippen LogP contribution in [0.1, 0.15) is 66.5 Å². The second-order valence-corrected chi connectivity index (χ2v) is 21.9. The normalized spacial score (nSPS) is 31.4. The van der Waals surface area contributed by atoms with Gasteiger partial charge in [-0.15, -0.1) is 0 Å². The van der Waals surface area contributed by atoms with E-state index in [1.54, 1.807) is 23.6 Å². The van der Waals surface area contributed by atoms with Crippen LogP contribution in [0.5, 0.6) is 0 Å². The molecule has 0 aromatic carbocycles. The molecule has 0 radical (unpaired) electrons. The van der Waals surface area contributed by atoms with Crippen LogP contribution in [0.2, 0.25) is 18.1 Å². The summed E-state index contributed by atoms with van der Waals surface area (Å²) in [5, 5.41) is 10.9. The minimum absolute atomic E-state index is 0.0178. The molecule has 2 heterocycles. The summed E-state index contributed by atoms with van der Waals surface area (Å²) in [5.74, 6) is 0.527. The average molecular weight is 589 g/mol. The number of nitrogens with zero attached hydrogens (tertiary/aromatic N) is 2. The number of rotatable bonds is 9. The Morgan fingerprint density at radius 1 is 1.46 bits per heavy atom. The third-order valence-corrected chi connectivity index (χ3v) is 17.0. The van der Waals surface area contributed by atoms with Crippen molar-refractivity contribution < 1.29 is 18.8 Å². The fourth-order valence-electron chi connectivity index (χ4n) is 4.49. The first-order valence-corrected chi connectivity index (χ1v) is 19.4. The molecule has 0 bridgehead atoms. The number of aliphatic hydroxyl groups excluding tert-OH is 1. The number of nitrogen functional groups attached to an aromatic ring is 1. The summed E-state index contributed by atoms with van der Waals surface area (Å²) in [5.41, 5.74) is 6.35. The number of allylic oxidation sites excluding steroid dienone is 1. The van der Waals surface area contributed by atoms with Crippen molar-refractivity contribution in [1.82, 2.24) is 9.55 Å². The molecule has 8 nitrogen and oxygen atoms in total. The van der Waals surface area contributed by atoms with Crippen molar-refractivity contribution in [3.8, 4) is 0 Å². The van der Waals surface area contributed by atoms with E-state index >= 15 is 0 Å². The van der Waals surface area contributed by atoms with Crippen LogP contribution in [0, 0.1) is 5.92 Å². The van der Waals surface area contributed by atoms with E-state index in [9.17, 15) is 9.90 Å². The maximum Gasteiger partial charge on any atom is 0.415 e. The monoisotopic (exact) mass is 588 g/mol. The van der Waals surface area contributed by atoms with Crippen molar-refractivity contribution in [2.75, 3.05) is 12.3 Å². The van der Waals surface area contributed by atoms with E-state index in [0.29, 0.717) is 18.8 Å². The Labute approximate surface area is 232 Å². The molecule has 3 rings (SSSR count). The second-order valence-electron chi connectivity index (χ2n) is 12.1. The number of aromatic nitrogens is 2. The van der Waals surface area contributed by atoms with Crippen LogP contribution in [0.3, 0.4) is 0 Å². The number of anilines is 1. The smallest absolute Gasteiger partial charge is 0.411 e. The lowest BCUT2D eigenvalue weighted by molar-refractivity contribution is -0.0364. The highest BCUT2D eigenvalue weighted by Gasteiger charge is 2.48. The highest BCUT2D eigenvalue weighted by molar-refractivity contribution is 8.63. The molecule has 1 saturated heterocycles. The Morgan fingerprint density at radius 2 is 2.14 bits per heavy atom. The summed E-state index contributed by atoms with van der Waals surface area (Å²) in [6.45, 7) is 19.4. The van der Waals surface area contributed by atoms with E-state index in [0.717, 1.165) is 18.4 Å². The molecular weight excluding hydrogens is 545 g/mol. The van der Waals surface area contributed by atoms with E-state index in [1.807, 2.05) is 6.92 Å². The maximum atomic E-state index is 12.5.